The number of rotatable bonds is 2. The predicted molar refractivity (Wildman–Crippen MR) is 60.2 cm³/mol. The van der Waals surface area contributed by atoms with Gasteiger partial charge in [0.1, 0.15) is 0 Å². The van der Waals surface area contributed by atoms with Crippen LogP contribution in [0.25, 0.3) is 5.65 Å². The lowest BCUT2D eigenvalue weighted by Gasteiger charge is -1.96. The minimum Gasteiger partial charge on any atom is -0.313 e. The lowest BCUT2D eigenvalue weighted by Crippen LogP contribution is -2.08. The highest BCUT2D eigenvalue weighted by atomic mass is 35.5. The Morgan fingerprint density at radius 1 is 1.29 bits per heavy atom. The standard InChI is InChI=1S/C8H10N4.2ClH/c1-9-6-8-11-10-7-4-2-3-5-12(7)8;;/h2-5,9H,6H2,1H3;2*1H. The molecule has 6 heteroatoms. The fourth-order valence-electron chi connectivity index (χ4n) is 1.17. The molecule has 2 aromatic heterocycles. The van der Waals surface area contributed by atoms with Crippen LogP contribution in [-0.4, -0.2) is 21.6 Å². The zero-order chi connectivity index (χ0) is 8.39. The number of halogens is 2. The topological polar surface area (TPSA) is 42.2 Å². The first-order valence-corrected chi connectivity index (χ1v) is 3.85. The van der Waals surface area contributed by atoms with E-state index >= 15 is 0 Å². The summed E-state index contributed by atoms with van der Waals surface area (Å²) < 4.78 is 1.97. The molecule has 0 aliphatic heterocycles. The summed E-state index contributed by atoms with van der Waals surface area (Å²) in [5.41, 5.74) is 0.891. The number of pyridine rings is 1. The van der Waals surface area contributed by atoms with Crippen molar-refractivity contribution in [1.29, 1.82) is 0 Å². The first-order chi connectivity index (χ1) is 5.92. The van der Waals surface area contributed by atoms with Gasteiger partial charge in [0.25, 0.3) is 0 Å². The maximum Gasteiger partial charge on any atom is 0.160 e. The van der Waals surface area contributed by atoms with E-state index in [0.717, 1.165) is 18.0 Å². The van der Waals surface area contributed by atoms with Crippen LogP contribution >= 0.6 is 24.8 Å². The molecule has 4 nitrogen and oxygen atoms in total. The van der Waals surface area contributed by atoms with Crippen molar-refractivity contribution in [2.75, 3.05) is 7.05 Å². The molecule has 78 valence electrons. The Labute approximate surface area is 94.5 Å². The maximum absolute atomic E-state index is 4.04. The van der Waals surface area contributed by atoms with E-state index in [4.69, 9.17) is 0 Å². The van der Waals surface area contributed by atoms with E-state index in [2.05, 4.69) is 15.5 Å². The Hall–Kier alpha value is -0.840. The van der Waals surface area contributed by atoms with Crippen LogP contribution in [0.15, 0.2) is 24.4 Å². The van der Waals surface area contributed by atoms with Gasteiger partial charge in [-0.1, -0.05) is 6.07 Å². The second kappa shape index (κ2) is 5.80. The third-order valence-electron chi connectivity index (χ3n) is 1.72. The van der Waals surface area contributed by atoms with E-state index in [0.29, 0.717) is 0 Å². The largest absolute Gasteiger partial charge is 0.313 e. The summed E-state index contributed by atoms with van der Waals surface area (Å²) in [6.45, 7) is 0.741. The molecular weight excluding hydrogens is 223 g/mol. The summed E-state index contributed by atoms with van der Waals surface area (Å²) >= 11 is 0. The van der Waals surface area contributed by atoms with Crippen LogP contribution in [0.3, 0.4) is 0 Å². The lowest BCUT2D eigenvalue weighted by atomic mass is 10.4. The van der Waals surface area contributed by atoms with Gasteiger partial charge in [0.15, 0.2) is 11.5 Å². The molecule has 1 N–H and O–H groups in total. The molecule has 0 bridgehead atoms. The van der Waals surface area contributed by atoms with Gasteiger partial charge >= 0.3 is 0 Å². The molecule has 0 saturated carbocycles. The number of hydrogen-bond acceptors (Lipinski definition) is 3. The van der Waals surface area contributed by atoms with Crippen LogP contribution < -0.4 is 5.32 Å². The van der Waals surface area contributed by atoms with Crippen LogP contribution in [0, 0.1) is 0 Å². The van der Waals surface area contributed by atoms with Crippen LogP contribution in [0.1, 0.15) is 5.82 Å². The molecule has 2 rings (SSSR count). The maximum atomic E-state index is 4.04. The Morgan fingerprint density at radius 3 is 2.79 bits per heavy atom. The Morgan fingerprint density at radius 2 is 2.07 bits per heavy atom. The lowest BCUT2D eigenvalue weighted by molar-refractivity contribution is 0.747. The monoisotopic (exact) mass is 234 g/mol. The van der Waals surface area contributed by atoms with Gasteiger partial charge in [-0.2, -0.15) is 0 Å². The molecule has 0 amide bonds. The Bertz CT molecular complexity index is 387. The third kappa shape index (κ3) is 2.35. The zero-order valence-electron chi connectivity index (χ0n) is 7.67. The average Bonchev–Trinajstić information content (AvgIpc) is 2.50. The summed E-state index contributed by atoms with van der Waals surface area (Å²) in [5.74, 6) is 0.938. The van der Waals surface area contributed by atoms with Gasteiger partial charge in [-0.15, -0.1) is 35.0 Å². The number of nitrogens with one attached hydrogen (secondary N) is 1. The molecule has 0 atom stereocenters. The summed E-state index contributed by atoms with van der Waals surface area (Å²) in [5, 5.41) is 11.1. The SMILES string of the molecule is CNCc1nnc2ccccn12.Cl.Cl. The molecule has 0 unspecified atom stereocenters. The van der Waals surface area contributed by atoms with Gasteiger partial charge in [-0.3, -0.25) is 4.40 Å². The van der Waals surface area contributed by atoms with Crippen molar-refractivity contribution < 1.29 is 0 Å². The Kier molecular flexibility index (Phi) is 5.45. The van der Waals surface area contributed by atoms with Crippen LogP contribution in [0.5, 0.6) is 0 Å². The van der Waals surface area contributed by atoms with Crippen molar-refractivity contribution in [3.8, 4) is 0 Å². The number of aromatic nitrogens is 3. The van der Waals surface area contributed by atoms with Gasteiger partial charge in [-0.25, -0.2) is 0 Å². The second-order valence-corrected chi connectivity index (χ2v) is 2.58. The van der Waals surface area contributed by atoms with Gasteiger partial charge in [0.05, 0.1) is 6.54 Å². The third-order valence-corrected chi connectivity index (χ3v) is 1.72. The van der Waals surface area contributed by atoms with Gasteiger partial charge in [0, 0.05) is 6.20 Å². The first-order valence-electron chi connectivity index (χ1n) is 3.85. The summed E-state index contributed by atoms with van der Waals surface area (Å²) in [4.78, 5) is 0. The number of hydrogen-bond donors (Lipinski definition) is 1. The molecule has 0 aliphatic rings. The van der Waals surface area contributed by atoms with E-state index in [-0.39, 0.29) is 24.8 Å². The van der Waals surface area contributed by atoms with Crippen LogP contribution in [-0.2, 0) is 6.54 Å². The smallest absolute Gasteiger partial charge is 0.160 e. The van der Waals surface area contributed by atoms with E-state index in [9.17, 15) is 0 Å². The quantitative estimate of drug-likeness (QED) is 0.852. The van der Waals surface area contributed by atoms with Crippen molar-refractivity contribution in [2.45, 2.75) is 6.54 Å². The second-order valence-electron chi connectivity index (χ2n) is 2.58. The number of fused-ring (bicyclic) bond motifs is 1. The molecular formula is C8H12Cl2N4. The van der Waals surface area contributed by atoms with Gasteiger partial charge in [0.2, 0.25) is 0 Å². The molecule has 0 aliphatic carbocycles. The van der Waals surface area contributed by atoms with Gasteiger partial charge in [-0.05, 0) is 19.2 Å². The van der Waals surface area contributed by atoms with Crippen molar-refractivity contribution >= 4 is 30.5 Å². The van der Waals surface area contributed by atoms with E-state index in [1.54, 1.807) is 0 Å². The first kappa shape index (κ1) is 13.2. The minimum absolute atomic E-state index is 0. The summed E-state index contributed by atoms with van der Waals surface area (Å²) in [6, 6.07) is 5.86. The highest BCUT2D eigenvalue weighted by Crippen LogP contribution is 2.01. The van der Waals surface area contributed by atoms with Crippen LogP contribution in [0.2, 0.25) is 0 Å². The molecule has 0 saturated heterocycles. The summed E-state index contributed by atoms with van der Waals surface area (Å²) in [7, 11) is 1.89. The van der Waals surface area contributed by atoms with E-state index in [1.165, 1.54) is 0 Å². The van der Waals surface area contributed by atoms with Crippen LogP contribution in [0.4, 0.5) is 0 Å². The van der Waals surface area contributed by atoms with Gasteiger partial charge < -0.3 is 5.32 Å². The fraction of sp³-hybridized carbons (Fsp3) is 0.250. The molecule has 14 heavy (non-hydrogen) atoms. The molecule has 0 fully saturated rings. The average molecular weight is 235 g/mol. The van der Waals surface area contributed by atoms with Crippen molar-refractivity contribution in [3.05, 3.63) is 30.2 Å². The summed E-state index contributed by atoms with van der Waals surface area (Å²) in [6.07, 6.45) is 1.96. The molecule has 2 heterocycles. The van der Waals surface area contributed by atoms with E-state index < -0.39 is 0 Å². The minimum atomic E-state index is 0. The van der Waals surface area contributed by atoms with E-state index in [1.807, 2.05) is 35.8 Å². The Balaban J connectivity index is 0.000000845. The van der Waals surface area contributed by atoms with Crippen molar-refractivity contribution in [1.82, 2.24) is 19.9 Å². The normalized spacial score (nSPS) is 9.21. The van der Waals surface area contributed by atoms with Crippen molar-refractivity contribution in [3.63, 3.8) is 0 Å². The predicted octanol–water partition coefficient (Wildman–Crippen LogP) is 1.29. The van der Waals surface area contributed by atoms with Crippen molar-refractivity contribution in [2.24, 2.45) is 0 Å². The number of nitrogens with zero attached hydrogens (tertiary/aromatic N) is 3. The fourth-order valence-corrected chi connectivity index (χ4v) is 1.17. The molecule has 0 radical (unpaired) electrons. The highest BCUT2D eigenvalue weighted by molar-refractivity contribution is 5.85. The molecule has 0 aromatic carbocycles. The highest BCUT2D eigenvalue weighted by Gasteiger charge is 2.00. The zero-order valence-corrected chi connectivity index (χ0v) is 9.31. The molecule has 2 aromatic rings. The molecule has 0 spiro atoms.